The van der Waals surface area contributed by atoms with Gasteiger partial charge in [0.05, 0.1) is 6.21 Å². The van der Waals surface area contributed by atoms with E-state index in [-0.39, 0.29) is 5.95 Å². The lowest BCUT2D eigenvalue weighted by Crippen LogP contribution is -2.02. The lowest BCUT2D eigenvalue weighted by Gasteiger charge is -1.99. The molecule has 12 heavy (non-hydrogen) atoms. The van der Waals surface area contributed by atoms with Crippen LogP contribution in [0.3, 0.4) is 0 Å². The van der Waals surface area contributed by atoms with Crippen LogP contribution in [-0.4, -0.2) is 20.0 Å². The normalized spacial score (nSPS) is 12.2. The molecule has 1 aromatic rings. The zero-order chi connectivity index (χ0) is 9.03. The van der Waals surface area contributed by atoms with Gasteiger partial charge >= 0.3 is 0 Å². The monoisotopic (exact) mass is 223 g/mol. The van der Waals surface area contributed by atoms with E-state index in [4.69, 9.17) is 34.8 Å². The minimum absolute atomic E-state index is 0.267. The first kappa shape index (κ1) is 9.71. The van der Waals surface area contributed by atoms with Gasteiger partial charge in [0.2, 0.25) is 9.74 Å². The highest BCUT2D eigenvalue weighted by Gasteiger charge is 2.15. The third-order valence-electron chi connectivity index (χ3n) is 0.879. The van der Waals surface area contributed by atoms with Crippen molar-refractivity contribution in [2.45, 2.75) is 3.79 Å². The zero-order valence-corrected chi connectivity index (χ0v) is 8.05. The summed E-state index contributed by atoms with van der Waals surface area (Å²) in [5.74, 6) is 0.267. The number of halogens is 3. The van der Waals surface area contributed by atoms with Gasteiger partial charge < -0.3 is 0 Å². The van der Waals surface area contributed by atoms with Crippen LogP contribution in [0, 0.1) is 0 Å². The SMILES string of the molecule is ClC(Cl)(Cl)C=Nc1ncccn1. The van der Waals surface area contributed by atoms with Crippen molar-refractivity contribution in [3.8, 4) is 0 Å². The van der Waals surface area contributed by atoms with Gasteiger partial charge in [-0.1, -0.05) is 34.8 Å². The Morgan fingerprint density at radius 2 is 1.83 bits per heavy atom. The van der Waals surface area contributed by atoms with Crippen molar-refractivity contribution in [2.75, 3.05) is 0 Å². The molecule has 0 spiro atoms. The van der Waals surface area contributed by atoms with Crippen molar-refractivity contribution >= 4 is 47.0 Å². The molecule has 1 aromatic heterocycles. The molecule has 0 radical (unpaired) electrons. The maximum Gasteiger partial charge on any atom is 0.249 e. The average molecular weight is 224 g/mol. The molecule has 0 amide bonds. The topological polar surface area (TPSA) is 38.1 Å². The van der Waals surface area contributed by atoms with Gasteiger partial charge in [-0.2, -0.15) is 0 Å². The molecule has 0 saturated heterocycles. The van der Waals surface area contributed by atoms with Crippen LogP contribution in [0.15, 0.2) is 23.5 Å². The van der Waals surface area contributed by atoms with E-state index >= 15 is 0 Å². The summed E-state index contributed by atoms with van der Waals surface area (Å²) in [6.45, 7) is 0. The molecule has 64 valence electrons. The highest BCUT2D eigenvalue weighted by atomic mass is 35.6. The molecule has 0 fully saturated rings. The van der Waals surface area contributed by atoms with Crippen LogP contribution in [0.25, 0.3) is 0 Å². The standard InChI is InChI=1S/C6H4Cl3N3/c7-6(8,9)4-12-5-10-2-1-3-11-5/h1-4H. The summed E-state index contributed by atoms with van der Waals surface area (Å²) in [6, 6.07) is 1.67. The lowest BCUT2D eigenvalue weighted by atomic mass is 10.7. The Hall–Kier alpha value is -0.380. The van der Waals surface area contributed by atoms with Crippen LogP contribution in [0.2, 0.25) is 0 Å². The molecule has 0 aliphatic carbocycles. The second-order valence-electron chi connectivity index (χ2n) is 1.85. The molecule has 1 heterocycles. The van der Waals surface area contributed by atoms with Gasteiger partial charge in [-0.25, -0.2) is 15.0 Å². The third kappa shape index (κ3) is 3.85. The Morgan fingerprint density at radius 3 is 2.33 bits per heavy atom. The summed E-state index contributed by atoms with van der Waals surface area (Å²) < 4.78 is -1.50. The van der Waals surface area contributed by atoms with Crippen molar-refractivity contribution < 1.29 is 0 Å². The summed E-state index contributed by atoms with van der Waals surface area (Å²) in [7, 11) is 0. The Bertz CT molecular complexity index is 267. The number of hydrogen-bond donors (Lipinski definition) is 0. The fourth-order valence-electron chi connectivity index (χ4n) is 0.489. The number of aromatic nitrogens is 2. The predicted molar refractivity (Wildman–Crippen MR) is 50.5 cm³/mol. The Kier molecular flexibility index (Phi) is 3.26. The smallest absolute Gasteiger partial charge is 0.220 e. The summed E-state index contributed by atoms with van der Waals surface area (Å²) in [6.07, 6.45) is 4.25. The molecule has 1 rings (SSSR count). The number of hydrogen-bond acceptors (Lipinski definition) is 3. The fraction of sp³-hybridized carbons (Fsp3) is 0.167. The van der Waals surface area contributed by atoms with E-state index in [1.54, 1.807) is 18.5 Å². The number of alkyl halides is 3. The number of aliphatic imine (C=N–C) groups is 1. The molecular weight excluding hydrogens is 220 g/mol. The van der Waals surface area contributed by atoms with Gasteiger partial charge in [0.1, 0.15) is 0 Å². The van der Waals surface area contributed by atoms with Crippen LogP contribution < -0.4 is 0 Å². The van der Waals surface area contributed by atoms with Crippen molar-refractivity contribution in [3.63, 3.8) is 0 Å². The van der Waals surface area contributed by atoms with Crippen LogP contribution in [0.1, 0.15) is 0 Å². The average Bonchev–Trinajstić information content (AvgIpc) is 2.02. The van der Waals surface area contributed by atoms with Crippen LogP contribution in [-0.2, 0) is 0 Å². The fourth-order valence-corrected chi connectivity index (χ4v) is 0.635. The summed E-state index contributed by atoms with van der Waals surface area (Å²) in [4.78, 5) is 11.3. The summed E-state index contributed by atoms with van der Waals surface area (Å²) in [5, 5.41) is 0. The van der Waals surface area contributed by atoms with Crippen molar-refractivity contribution in [2.24, 2.45) is 4.99 Å². The highest BCUT2D eigenvalue weighted by molar-refractivity contribution is 6.74. The van der Waals surface area contributed by atoms with E-state index in [1.165, 1.54) is 0 Å². The Balaban J connectivity index is 2.71. The summed E-state index contributed by atoms with van der Waals surface area (Å²) in [5.41, 5.74) is 0. The quantitative estimate of drug-likeness (QED) is 0.543. The van der Waals surface area contributed by atoms with E-state index in [2.05, 4.69) is 15.0 Å². The van der Waals surface area contributed by atoms with E-state index in [0.717, 1.165) is 6.21 Å². The van der Waals surface area contributed by atoms with E-state index in [1.807, 2.05) is 0 Å². The largest absolute Gasteiger partial charge is 0.249 e. The summed E-state index contributed by atoms with van der Waals surface area (Å²) >= 11 is 16.2. The maximum absolute atomic E-state index is 5.41. The minimum Gasteiger partial charge on any atom is -0.220 e. The molecule has 0 aromatic carbocycles. The molecule has 3 nitrogen and oxygen atoms in total. The van der Waals surface area contributed by atoms with Crippen molar-refractivity contribution in [1.82, 2.24) is 9.97 Å². The minimum atomic E-state index is -1.50. The second kappa shape index (κ2) is 4.03. The number of nitrogens with zero attached hydrogens (tertiary/aromatic N) is 3. The first-order valence-corrected chi connectivity index (χ1v) is 4.10. The van der Waals surface area contributed by atoms with Crippen molar-refractivity contribution in [3.05, 3.63) is 18.5 Å². The van der Waals surface area contributed by atoms with E-state index < -0.39 is 3.79 Å². The molecule has 0 N–H and O–H groups in total. The first-order chi connectivity index (χ1) is 5.58. The van der Waals surface area contributed by atoms with Gasteiger partial charge in [-0.15, -0.1) is 0 Å². The van der Waals surface area contributed by atoms with Crippen LogP contribution in [0.5, 0.6) is 0 Å². The van der Waals surface area contributed by atoms with Gasteiger partial charge in [0, 0.05) is 12.4 Å². The van der Waals surface area contributed by atoms with E-state index in [0.29, 0.717) is 0 Å². The molecule has 6 heteroatoms. The van der Waals surface area contributed by atoms with Crippen LogP contribution in [0.4, 0.5) is 5.95 Å². The molecular formula is C6H4Cl3N3. The third-order valence-corrected chi connectivity index (χ3v) is 1.17. The van der Waals surface area contributed by atoms with Gasteiger partial charge in [-0.3, -0.25) is 0 Å². The maximum atomic E-state index is 5.41. The van der Waals surface area contributed by atoms with Gasteiger partial charge in [0.25, 0.3) is 0 Å². The molecule has 0 saturated carbocycles. The Labute approximate surface area is 84.4 Å². The predicted octanol–water partition coefficient (Wildman–Crippen LogP) is 2.55. The van der Waals surface area contributed by atoms with Gasteiger partial charge in [-0.05, 0) is 6.07 Å². The molecule has 0 aliphatic heterocycles. The Morgan fingerprint density at radius 1 is 1.25 bits per heavy atom. The van der Waals surface area contributed by atoms with Crippen LogP contribution >= 0.6 is 34.8 Å². The lowest BCUT2D eigenvalue weighted by molar-refractivity contribution is 1.14. The molecule has 0 atom stereocenters. The van der Waals surface area contributed by atoms with Crippen molar-refractivity contribution in [1.29, 1.82) is 0 Å². The first-order valence-electron chi connectivity index (χ1n) is 2.97. The number of rotatable bonds is 1. The highest BCUT2D eigenvalue weighted by Crippen LogP contribution is 2.23. The molecule has 0 aliphatic rings. The van der Waals surface area contributed by atoms with E-state index in [9.17, 15) is 0 Å². The second-order valence-corrected chi connectivity index (χ2v) is 4.22. The molecule has 0 bridgehead atoms. The molecule has 0 unspecified atom stereocenters. The van der Waals surface area contributed by atoms with Gasteiger partial charge in [0.15, 0.2) is 0 Å². The zero-order valence-electron chi connectivity index (χ0n) is 5.78.